The van der Waals surface area contributed by atoms with E-state index < -0.39 is 47.9 Å². The number of carbonyl (C=O) groups excluding carboxylic acids is 3. The highest BCUT2D eigenvalue weighted by molar-refractivity contribution is 5.95. The summed E-state index contributed by atoms with van der Waals surface area (Å²) in [7, 11) is 0. The molecule has 41 heavy (non-hydrogen) atoms. The number of H-pyrrole nitrogens is 2. The van der Waals surface area contributed by atoms with Crippen molar-refractivity contribution in [1.29, 1.82) is 0 Å². The highest BCUT2D eigenvalue weighted by atomic mass is 16.4. The van der Waals surface area contributed by atoms with Gasteiger partial charge in [0.2, 0.25) is 17.7 Å². The van der Waals surface area contributed by atoms with E-state index in [9.17, 15) is 24.3 Å². The van der Waals surface area contributed by atoms with Crippen LogP contribution in [0.5, 0.6) is 0 Å². The van der Waals surface area contributed by atoms with Crippen molar-refractivity contribution < 1.29 is 24.3 Å². The Labute approximate surface area is 236 Å². The van der Waals surface area contributed by atoms with Gasteiger partial charge in [0.15, 0.2) is 0 Å². The number of aromatic amines is 2. The number of fused-ring (bicyclic) bond motifs is 1. The first-order chi connectivity index (χ1) is 19.7. The largest absolute Gasteiger partial charge is 0.480 e. The first kappa shape index (κ1) is 29.0. The number of hydrogen-bond acceptors (Lipinski definition) is 6. The lowest BCUT2D eigenvalue weighted by atomic mass is 10.0. The lowest BCUT2D eigenvalue weighted by Crippen LogP contribution is -2.58. The van der Waals surface area contributed by atoms with E-state index in [2.05, 4.69) is 30.9 Å². The Bertz CT molecular complexity index is 1480. The van der Waals surface area contributed by atoms with Crippen LogP contribution in [0.25, 0.3) is 10.9 Å². The molecule has 2 aromatic carbocycles. The summed E-state index contributed by atoms with van der Waals surface area (Å²) >= 11 is 0. The topological polar surface area (TPSA) is 195 Å². The molecule has 12 heteroatoms. The number of imidazole rings is 1. The fourth-order valence-electron chi connectivity index (χ4n) is 4.45. The summed E-state index contributed by atoms with van der Waals surface area (Å²) < 4.78 is 0. The molecule has 0 bridgehead atoms. The maximum absolute atomic E-state index is 13.6. The molecule has 0 saturated heterocycles. The van der Waals surface area contributed by atoms with Crippen molar-refractivity contribution in [3.05, 3.63) is 90.1 Å². The van der Waals surface area contributed by atoms with Crippen molar-refractivity contribution in [3.8, 4) is 0 Å². The molecular formula is C29H33N7O5. The minimum Gasteiger partial charge on any atom is -0.480 e. The number of carboxylic acid groups (broad SMARTS) is 1. The summed E-state index contributed by atoms with van der Waals surface area (Å²) in [6, 6.07) is 12.3. The maximum atomic E-state index is 13.6. The van der Waals surface area contributed by atoms with E-state index in [-0.39, 0.29) is 19.3 Å². The van der Waals surface area contributed by atoms with E-state index in [1.165, 1.54) is 19.4 Å². The number of benzene rings is 2. The molecule has 2 heterocycles. The quantitative estimate of drug-likeness (QED) is 0.126. The number of amides is 3. The number of rotatable bonds is 13. The summed E-state index contributed by atoms with van der Waals surface area (Å²) in [6.45, 7) is 1.51. The van der Waals surface area contributed by atoms with E-state index >= 15 is 0 Å². The average Bonchev–Trinajstić information content (AvgIpc) is 3.62. The van der Waals surface area contributed by atoms with Gasteiger partial charge in [-0.05, 0) is 24.1 Å². The molecule has 2 aromatic heterocycles. The van der Waals surface area contributed by atoms with E-state index in [1.54, 1.807) is 6.20 Å². The molecule has 0 aliphatic carbocycles. The SMILES string of the molecule is CC(N)C(=O)NC(Cc1ccccc1)C(=O)NC(Cc1c[nH]c2ccccc12)C(=O)NC(Cc1cnc[nH]1)C(=O)O. The first-order valence-electron chi connectivity index (χ1n) is 13.2. The minimum absolute atomic E-state index is 0.0318. The van der Waals surface area contributed by atoms with Gasteiger partial charge in [-0.25, -0.2) is 9.78 Å². The number of nitrogens with zero attached hydrogens (tertiary/aromatic N) is 1. The van der Waals surface area contributed by atoms with Crippen molar-refractivity contribution >= 4 is 34.6 Å². The molecule has 0 aliphatic rings. The molecular weight excluding hydrogens is 526 g/mol. The number of hydrogen-bond donors (Lipinski definition) is 7. The Balaban J connectivity index is 1.60. The Morgan fingerprint density at radius 3 is 2.12 bits per heavy atom. The Hall–Kier alpha value is -4.97. The first-order valence-corrected chi connectivity index (χ1v) is 13.2. The van der Waals surface area contributed by atoms with Crippen molar-refractivity contribution in [3.63, 3.8) is 0 Å². The molecule has 4 atom stereocenters. The van der Waals surface area contributed by atoms with Gasteiger partial charge in [-0.3, -0.25) is 14.4 Å². The van der Waals surface area contributed by atoms with Crippen molar-refractivity contribution in [2.75, 3.05) is 0 Å². The zero-order valence-corrected chi connectivity index (χ0v) is 22.5. The summed E-state index contributed by atoms with van der Waals surface area (Å²) in [5.74, 6) is -3.06. The molecule has 3 amide bonds. The third-order valence-electron chi connectivity index (χ3n) is 6.65. The van der Waals surface area contributed by atoms with E-state index in [1.807, 2.05) is 54.6 Å². The standard InChI is InChI=1S/C29H33N7O5/c1-17(30)26(37)34-23(11-18-7-3-2-4-8-18)27(38)35-24(12-19-14-32-22-10-6-5-9-21(19)22)28(39)36-25(29(40)41)13-20-15-31-16-33-20/h2-10,14-17,23-25,32H,11-13,30H2,1H3,(H,31,33)(H,34,37)(H,35,38)(H,36,39)(H,40,41). The van der Waals surface area contributed by atoms with E-state index in [4.69, 9.17) is 5.73 Å². The lowest BCUT2D eigenvalue weighted by Gasteiger charge is -2.25. The Morgan fingerprint density at radius 1 is 0.829 bits per heavy atom. The van der Waals surface area contributed by atoms with Crippen LogP contribution in [-0.4, -0.2) is 67.9 Å². The predicted molar refractivity (Wildman–Crippen MR) is 152 cm³/mol. The number of carbonyl (C=O) groups is 4. The molecule has 12 nitrogen and oxygen atoms in total. The van der Waals surface area contributed by atoms with Crippen molar-refractivity contribution in [2.45, 2.75) is 50.4 Å². The summed E-state index contributed by atoms with van der Waals surface area (Å²) in [4.78, 5) is 61.5. The smallest absolute Gasteiger partial charge is 0.326 e. The van der Waals surface area contributed by atoms with Gasteiger partial charge in [0, 0.05) is 48.3 Å². The molecule has 4 unspecified atom stereocenters. The Kier molecular flexibility index (Phi) is 9.48. The third kappa shape index (κ3) is 7.79. The molecule has 0 saturated carbocycles. The summed E-state index contributed by atoms with van der Waals surface area (Å²) in [5.41, 5.74) is 8.65. The van der Waals surface area contributed by atoms with Gasteiger partial charge in [-0.1, -0.05) is 48.5 Å². The number of aliphatic carboxylic acids is 1. The summed E-state index contributed by atoms with van der Waals surface area (Å²) in [6.07, 6.45) is 4.83. The molecule has 8 N–H and O–H groups in total. The average molecular weight is 560 g/mol. The number of nitrogens with one attached hydrogen (secondary N) is 5. The number of carboxylic acids is 1. The van der Waals surface area contributed by atoms with Crippen LogP contribution < -0.4 is 21.7 Å². The lowest BCUT2D eigenvalue weighted by molar-refractivity contribution is -0.142. The summed E-state index contributed by atoms with van der Waals surface area (Å²) in [5, 5.41) is 18.6. The normalized spacial score (nSPS) is 14.0. The molecule has 0 spiro atoms. The second-order valence-corrected chi connectivity index (χ2v) is 9.84. The number of aromatic nitrogens is 3. The maximum Gasteiger partial charge on any atom is 0.326 e. The fraction of sp³-hybridized carbons (Fsp3) is 0.276. The zero-order chi connectivity index (χ0) is 29.4. The molecule has 0 aliphatic heterocycles. The van der Waals surface area contributed by atoms with E-state index in [0.29, 0.717) is 5.69 Å². The highest BCUT2D eigenvalue weighted by Gasteiger charge is 2.31. The molecule has 4 rings (SSSR count). The van der Waals surface area contributed by atoms with Gasteiger partial charge < -0.3 is 36.8 Å². The van der Waals surface area contributed by atoms with E-state index in [0.717, 1.165) is 22.0 Å². The van der Waals surface area contributed by atoms with Crippen molar-refractivity contribution in [1.82, 2.24) is 30.9 Å². The van der Waals surface area contributed by atoms with Gasteiger partial charge in [0.05, 0.1) is 12.4 Å². The second-order valence-electron chi connectivity index (χ2n) is 9.84. The van der Waals surface area contributed by atoms with Gasteiger partial charge in [0.25, 0.3) is 0 Å². The second kappa shape index (κ2) is 13.4. The zero-order valence-electron chi connectivity index (χ0n) is 22.5. The van der Waals surface area contributed by atoms with Crippen LogP contribution in [-0.2, 0) is 38.4 Å². The van der Waals surface area contributed by atoms with Crippen LogP contribution >= 0.6 is 0 Å². The highest BCUT2D eigenvalue weighted by Crippen LogP contribution is 2.19. The van der Waals surface area contributed by atoms with Crippen molar-refractivity contribution in [2.24, 2.45) is 5.73 Å². The molecule has 0 radical (unpaired) electrons. The van der Waals surface area contributed by atoms with Gasteiger partial charge in [-0.2, -0.15) is 0 Å². The van der Waals surface area contributed by atoms with Gasteiger partial charge in [0.1, 0.15) is 18.1 Å². The molecule has 214 valence electrons. The molecule has 4 aromatic rings. The predicted octanol–water partition coefficient (Wildman–Crippen LogP) is 0.805. The van der Waals surface area contributed by atoms with Crippen LogP contribution in [0.1, 0.15) is 23.7 Å². The number of para-hydroxylation sites is 1. The van der Waals surface area contributed by atoms with Crippen LogP contribution in [0, 0.1) is 0 Å². The van der Waals surface area contributed by atoms with Gasteiger partial charge in [-0.15, -0.1) is 0 Å². The minimum atomic E-state index is -1.27. The Morgan fingerprint density at radius 2 is 1.46 bits per heavy atom. The van der Waals surface area contributed by atoms with Crippen LogP contribution in [0.2, 0.25) is 0 Å². The van der Waals surface area contributed by atoms with Gasteiger partial charge >= 0.3 is 5.97 Å². The van der Waals surface area contributed by atoms with Crippen LogP contribution in [0.3, 0.4) is 0 Å². The van der Waals surface area contributed by atoms with Crippen LogP contribution in [0.4, 0.5) is 0 Å². The monoisotopic (exact) mass is 559 g/mol. The third-order valence-corrected chi connectivity index (χ3v) is 6.65. The molecule has 0 fully saturated rings. The number of nitrogens with two attached hydrogens (primary N) is 1. The van der Waals surface area contributed by atoms with Crippen LogP contribution in [0.15, 0.2) is 73.3 Å². The fourth-order valence-corrected chi connectivity index (χ4v) is 4.45.